The van der Waals surface area contributed by atoms with Crippen LogP contribution in [0, 0.1) is 6.92 Å². The number of pyridine rings is 1. The number of halogens is 1. The molecule has 4 heteroatoms. The molecule has 0 aliphatic heterocycles. The van der Waals surface area contributed by atoms with Crippen molar-refractivity contribution in [3.63, 3.8) is 0 Å². The van der Waals surface area contributed by atoms with E-state index in [4.69, 9.17) is 4.74 Å². The van der Waals surface area contributed by atoms with Gasteiger partial charge in [-0.2, -0.15) is 0 Å². The van der Waals surface area contributed by atoms with Crippen molar-refractivity contribution in [3.05, 3.63) is 22.3 Å². The van der Waals surface area contributed by atoms with Crippen LogP contribution in [0.15, 0.2) is 16.7 Å². The smallest absolute Gasteiger partial charge is 0.216 e. The Balaban J connectivity index is 2.37. The van der Waals surface area contributed by atoms with Crippen molar-refractivity contribution < 1.29 is 4.74 Å². The fourth-order valence-electron chi connectivity index (χ4n) is 1.23. The summed E-state index contributed by atoms with van der Waals surface area (Å²) in [7, 11) is 4.12. The van der Waals surface area contributed by atoms with Gasteiger partial charge in [-0.1, -0.05) is 0 Å². The van der Waals surface area contributed by atoms with E-state index in [9.17, 15) is 0 Å². The summed E-state index contributed by atoms with van der Waals surface area (Å²) in [4.78, 5) is 6.36. The molecule has 0 atom stereocenters. The lowest BCUT2D eigenvalue weighted by atomic mass is 10.3. The second-order valence-electron chi connectivity index (χ2n) is 3.78. The van der Waals surface area contributed by atoms with Gasteiger partial charge in [-0.05, 0) is 49.4 Å². The van der Waals surface area contributed by atoms with E-state index in [2.05, 4.69) is 39.9 Å². The van der Waals surface area contributed by atoms with E-state index < -0.39 is 0 Å². The number of aryl methyl sites for hydroxylation is 1. The fourth-order valence-corrected chi connectivity index (χ4v) is 1.67. The van der Waals surface area contributed by atoms with E-state index in [-0.39, 0.29) is 0 Å². The average molecular weight is 273 g/mol. The van der Waals surface area contributed by atoms with E-state index >= 15 is 0 Å². The third-order valence-electron chi connectivity index (χ3n) is 1.99. The first kappa shape index (κ1) is 12.5. The van der Waals surface area contributed by atoms with Crippen LogP contribution < -0.4 is 4.74 Å². The minimum atomic E-state index is 0.716. The molecule has 0 N–H and O–H groups in total. The molecule has 1 aromatic heterocycles. The fraction of sp³-hybridized carbons (Fsp3) is 0.545. The van der Waals surface area contributed by atoms with Crippen LogP contribution in [-0.4, -0.2) is 37.1 Å². The first-order valence-corrected chi connectivity index (χ1v) is 5.78. The van der Waals surface area contributed by atoms with Gasteiger partial charge < -0.3 is 9.64 Å². The van der Waals surface area contributed by atoms with Crippen LogP contribution in [0.4, 0.5) is 0 Å². The van der Waals surface area contributed by atoms with Gasteiger partial charge in [-0.3, -0.25) is 0 Å². The average Bonchev–Trinajstić information content (AvgIpc) is 2.14. The van der Waals surface area contributed by atoms with E-state index in [0.717, 1.165) is 28.9 Å². The highest BCUT2D eigenvalue weighted by Gasteiger charge is 2.01. The zero-order valence-electron chi connectivity index (χ0n) is 9.46. The molecular weight excluding hydrogens is 256 g/mol. The van der Waals surface area contributed by atoms with Gasteiger partial charge in [0.1, 0.15) is 0 Å². The van der Waals surface area contributed by atoms with Gasteiger partial charge in [0.15, 0.2) is 0 Å². The molecule has 0 saturated carbocycles. The summed E-state index contributed by atoms with van der Waals surface area (Å²) < 4.78 is 6.57. The summed E-state index contributed by atoms with van der Waals surface area (Å²) in [5.74, 6) is 0.733. The van der Waals surface area contributed by atoms with Crippen LogP contribution >= 0.6 is 15.9 Å². The standard InChI is InChI=1S/C11H17BrN2O/c1-9-7-10(12)8-13-11(9)15-6-4-5-14(2)3/h7-8H,4-6H2,1-3H3. The van der Waals surface area contributed by atoms with Crippen LogP contribution in [0.1, 0.15) is 12.0 Å². The Hall–Kier alpha value is -0.610. The molecule has 0 aliphatic rings. The number of aromatic nitrogens is 1. The van der Waals surface area contributed by atoms with Crippen LogP contribution in [-0.2, 0) is 0 Å². The van der Waals surface area contributed by atoms with Gasteiger partial charge in [0, 0.05) is 22.8 Å². The van der Waals surface area contributed by atoms with Crippen LogP contribution in [0.2, 0.25) is 0 Å². The van der Waals surface area contributed by atoms with Gasteiger partial charge in [0.05, 0.1) is 6.61 Å². The second-order valence-corrected chi connectivity index (χ2v) is 4.70. The summed E-state index contributed by atoms with van der Waals surface area (Å²) >= 11 is 3.37. The van der Waals surface area contributed by atoms with Crippen LogP contribution in [0.3, 0.4) is 0 Å². The topological polar surface area (TPSA) is 25.4 Å². The van der Waals surface area contributed by atoms with Gasteiger partial charge in [-0.25, -0.2) is 4.98 Å². The molecule has 84 valence electrons. The van der Waals surface area contributed by atoms with Crippen molar-refractivity contribution in [2.24, 2.45) is 0 Å². The lowest BCUT2D eigenvalue weighted by Crippen LogP contribution is -2.15. The predicted octanol–water partition coefficient (Wildman–Crippen LogP) is 2.48. The Morgan fingerprint density at radius 3 is 2.80 bits per heavy atom. The van der Waals surface area contributed by atoms with Crippen molar-refractivity contribution >= 4 is 15.9 Å². The van der Waals surface area contributed by atoms with Gasteiger partial charge >= 0.3 is 0 Å². The molecule has 15 heavy (non-hydrogen) atoms. The molecule has 3 nitrogen and oxygen atoms in total. The molecule has 0 unspecified atom stereocenters. The molecule has 0 fully saturated rings. The van der Waals surface area contributed by atoms with Crippen molar-refractivity contribution in [1.82, 2.24) is 9.88 Å². The van der Waals surface area contributed by atoms with Gasteiger partial charge in [-0.15, -0.1) is 0 Å². The number of hydrogen-bond acceptors (Lipinski definition) is 3. The Morgan fingerprint density at radius 1 is 1.47 bits per heavy atom. The highest BCUT2D eigenvalue weighted by atomic mass is 79.9. The van der Waals surface area contributed by atoms with E-state index in [1.165, 1.54) is 0 Å². The molecule has 0 spiro atoms. The molecule has 0 bridgehead atoms. The Bertz CT molecular complexity index is 315. The largest absolute Gasteiger partial charge is 0.477 e. The second kappa shape index (κ2) is 6.08. The normalized spacial score (nSPS) is 10.7. The van der Waals surface area contributed by atoms with Crippen molar-refractivity contribution in [1.29, 1.82) is 0 Å². The number of hydrogen-bond donors (Lipinski definition) is 0. The maximum Gasteiger partial charge on any atom is 0.216 e. The summed E-state index contributed by atoms with van der Waals surface area (Å²) in [5.41, 5.74) is 1.06. The summed E-state index contributed by atoms with van der Waals surface area (Å²) in [6.45, 7) is 3.75. The summed E-state index contributed by atoms with van der Waals surface area (Å²) in [6, 6.07) is 2.01. The van der Waals surface area contributed by atoms with Gasteiger partial charge in [0.25, 0.3) is 0 Å². The van der Waals surface area contributed by atoms with Crippen LogP contribution in [0.5, 0.6) is 5.88 Å². The molecule has 0 radical (unpaired) electrons. The van der Waals surface area contributed by atoms with Gasteiger partial charge in [0.2, 0.25) is 5.88 Å². The molecule has 1 rings (SSSR count). The number of ether oxygens (including phenoxy) is 1. The molecular formula is C11H17BrN2O. The molecule has 0 amide bonds. The Labute approximate surface area is 99.6 Å². The highest BCUT2D eigenvalue weighted by Crippen LogP contribution is 2.18. The van der Waals surface area contributed by atoms with Crippen molar-refractivity contribution in [2.75, 3.05) is 27.2 Å². The zero-order valence-corrected chi connectivity index (χ0v) is 11.0. The van der Waals surface area contributed by atoms with E-state index in [1.807, 2.05) is 13.0 Å². The molecule has 0 aliphatic carbocycles. The first-order chi connectivity index (χ1) is 7.09. The summed E-state index contributed by atoms with van der Waals surface area (Å²) in [5, 5.41) is 0. The lowest BCUT2D eigenvalue weighted by molar-refractivity contribution is 0.271. The highest BCUT2D eigenvalue weighted by molar-refractivity contribution is 9.10. The molecule has 0 saturated heterocycles. The van der Waals surface area contributed by atoms with E-state index in [0.29, 0.717) is 6.61 Å². The minimum Gasteiger partial charge on any atom is -0.477 e. The predicted molar refractivity (Wildman–Crippen MR) is 65.3 cm³/mol. The monoisotopic (exact) mass is 272 g/mol. The Kier molecular flexibility index (Phi) is 5.05. The molecule has 0 aromatic carbocycles. The van der Waals surface area contributed by atoms with Crippen molar-refractivity contribution in [2.45, 2.75) is 13.3 Å². The number of rotatable bonds is 5. The SMILES string of the molecule is Cc1cc(Br)cnc1OCCCN(C)C. The summed E-state index contributed by atoms with van der Waals surface area (Å²) in [6.07, 6.45) is 2.78. The third kappa shape index (κ3) is 4.62. The quantitative estimate of drug-likeness (QED) is 0.771. The third-order valence-corrected chi connectivity index (χ3v) is 2.42. The maximum absolute atomic E-state index is 5.58. The number of nitrogens with zero attached hydrogens (tertiary/aromatic N) is 2. The lowest BCUT2D eigenvalue weighted by Gasteiger charge is -2.11. The molecule has 1 heterocycles. The maximum atomic E-state index is 5.58. The Morgan fingerprint density at radius 2 is 2.20 bits per heavy atom. The van der Waals surface area contributed by atoms with Crippen molar-refractivity contribution in [3.8, 4) is 5.88 Å². The minimum absolute atomic E-state index is 0.716. The zero-order chi connectivity index (χ0) is 11.3. The molecule has 1 aromatic rings. The first-order valence-electron chi connectivity index (χ1n) is 4.99. The van der Waals surface area contributed by atoms with E-state index in [1.54, 1.807) is 6.20 Å². The van der Waals surface area contributed by atoms with Crippen LogP contribution in [0.25, 0.3) is 0 Å².